The standard InChI is InChI=1S/C18H17FN8O3/c1-2-26-14(7-8-21-26)18(16(29)23-17(30)24-18)10-20-15(28)13-9-22-27(25-13)12-5-3-11(19)4-6-12/h3-9H,2,10H2,1H3,(H,20,28)(H2,23,24,29,30). The third kappa shape index (κ3) is 3.27. The molecule has 4 amide bonds. The molecule has 0 saturated carbocycles. The lowest BCUT2D eigenvalue weighted by atomic mass is 9.95. The first kappa shape index (κ1) is 19.2. The second-order valence-corrected chi connectivity index (χ2v) is 6.52. The van der Waals surface area contributed by atoms with Gasteiger partial charge in [0.1, 0.15) is 5.82 Å². The van der Waals surface area contributed by atoms with Crippen LogP contribution < -0.4 is 16.0 Å². The zero-order valence-corrected chi connectivity index (χ0v) is 15.8. The van der Waals surface area contributed by atoms with Crippen LogP contribution in [0.5, 0.6) is 0 Å². The zero-order valence-electron chi connectivity index (χ0n) is 15.8. The van der Waals surface area contributed by atoms with Gasteiger partial charge < -0.3 is 10.6 Å². The number of rotatable bonds is 6. The Morgan fingerprint density at radius 1 is 1.20 bits per heavy atom. The van der Waals surface area contributed by atoms with Crippen molar-refractivity contribution in [2.24, 2.45) is 0 Å². The number of benzene rings is 1. The average molecular weight is 412 g/mol. The Hall–Kier alpha value is -4.09. The van der Waals surface area contributed by atoms with E-state index in [0.717, 1.165) is 0 Å². The molecule has 30 heavy (non-hydrogen) atoms. The molecule has 1 aliphatic heterocycles. The van der Waals surface area contributed by atoms with Gasteiger partial charge in [0.2, 0.25) is 0 Å². The van der Waals surface area contributed by atoms with Crippen molar-refractivity contribution < 1.29 is 18.8 Å². The van der Waals surface area contributed by atoms with Crippen molar-refractivity contribution in [1.82, 2.24) is 40.7 Å². The lowest BCUT2D eigenvalue weighted by Crippen LogP contribution is -2.53. The van der Waals surface area contributed by atoms with Gasteiger partial charge in [0.05, 0.1) is 24.1 Å². The fraction of sp³-hybridized carbons (Fsp3) is 0.222. The summed E-state index contributed by atoms with van der Waals surface area (Å²) < 4.78 is 14.6. The maximum Gasteiger partial charge on any atom is 0.322 e. The minimum absolute atomic E-state index is 0.0109. The van der Waals surface area contributed by atoms with Crippen LogP contribution in [0, 0.1) is 5.82 Å². The molecule has 1 saturated heterocycles. The summed E-state index contributed by atoms with van der Waals surface area (Å²) in [6.07, 6.45) is 2.75. The van der Waals surface area contributed by atoms with Crippen LogP contribution in [0.1, 0.15) is 23.1 Å². The maximum absolute atomic E-state index is 13.1. The molecule has 11 nitrogen and oxygen atoms in total. The summed E-state index contributed by atoms with van der Waals surface area (Å²) in [6.45, 7) is 2.08. The number of hydrogen-bond acceptors (Lipinski definition) is 6. The summed E-state index contributed by atoms with van der Waals surface area (Å²) >= 11 is 0. The van der Waals surface area contributed by atoms with E-state index in [2.05, 4.69) is 31.2 Å². The van der Waals surface area contributed by atoms with E-state index >= 15 is 0 Å². The number of nitrogens with one attached hydrogen (secondary N) is 3. The van der Waals surface area contributed by atoms with E-state index in [9.17, 15) is 18.8 Å². The highest BCUT2D eigenvalue weighted by Crippen LogP contribution is 2.24. The van der Waals surface area contributed by atoms with Gasteiger partial charge in [-0.05, 0) is 37.3 Å². The molecule has 12 heteroatoms. The highest BCUT2D eigenvalue weighted by atomic mass is 19.1. The Balaban J connectivity index is 1.55. The highest BCUT2D eigenvalue weighted by Gasteiger charge is 2.50. The fourth-order valence-corrected chi connectivity index (χ4v) is 3.20. The summed E-state index contributed by atoms with van der Waals surface area (Å²) in [7, 11) is 0. The molecule has 0 bridgehead atoms. The number of amides is 4. The van der Waals surface area contributed by atoms with Crippen molar-refractivity contribution in [3.8, 4) is 5.69 Å². The molecular weight excluding hydrogens is 395 g/mol. The normalized spacial score (nSPS) is 18.2. The predicted octanol–water partition coefficient (Wildman–Crippen LogP) is 0.0875. The van der Waals surface area contributed by atoms with E-state index in [4.69, 9.17) is 0 Å². The van der Waals surface area contributed by atoms with Crippen molar-refractivity contribution in [2.45, 2.75) is 19.0 Å². The van der Waals surface area contributed by atoms with Gasteiger partial charge in [0.25, 0.3) is 11.8 Å². The molecule has 1 aromatic carbocycles. The van der Waals surface area contributed by atoms with E-state index < -0.39 is 29.2 Å². The molecular formula is C18H17FN8O3. The molecule has 0 aliphatic carbocycles. The number of aryl methyl sites for hydroxylation is 1. The Bertz CT molecular complexity index is 1120. The maximum atomic E-state index is 13.1. The molecule has 1 aliphatic rings. The first-order valence-electron chi connectivity index (χ1n) is 9.05. The van der Waals surface area contributed by atoms with E-state index in [0.29, 0.717) is 17.9 Å². The smallest absolute Gasteiger partial charge is 0.322 e. The van der Waals surface area contributed by atoms with Crippen LogP contribution in [0.2, 0.25) is 0 Å². The summed E-state index contributed by atoms with van der Waals surface area (Å²) in [5.41, 5.74) is -0.611. The first-order valence-corrected chi connectivity index (χ1v) is 9.05. The Labute approximate surface area is 169 Å². The molecule has 154 valence electrons. The van der Waals surface area contributed by atoms with Gasteiger partial charge >= 0.3 is 6.03 Å². The molecule has 3 N–H and O–H groups in total. The second kappa shape index (κ2) is 7.39. The number of nitrogens with zero attached hydrogens (tertiary/aromatic N) is 5. The quantitative estimate of drug-likeness (QED) is 0.491. The van der Waals surface area contributed by atoms with Crippen LogP contribution in [-0.4, -0.2) is 49.2 Å². The van der Waals surface area contributed by atoms with Gasteiger partial charge in [0.15, 0.2) is 11.2 Å². The van der Waals surface area contributed by atoms with Gasteiger partial charge in [-0.3, -0.25) is 19.6 Å². The number of halogens is 1. The van der Waals surface area contributed by atoms with Crippen LogP contribution in [0.4, 0.5) is 9.18 Å². The minimum atomic E-state index is -1.51. The van der Waals surface area contributed by atoms with Gasteiger partial charge in [0, 0.05) is 12.7 Å². The number of aromatic nitrogens is 5. The first-order chi connectivity index (χ1) is 14.4. The molecule has 1 fully saturated rings. The van der Waals surface area contributed by atoms with E-state index in [1.54, 1.807) is 10.7 Å². The molecule has 0 radical (unpaired) electrons. The SMILES string of the molecule is CCn1nccc1C1(CNC(=O)c2cnn(-c3ccc(F)cc3)n2)NC(=O)NC1=O. The van der Waals surface area contributed by atoms with Crippen LogP contribution in [-0.2, 0) is 16.9 Å². The molecule has 1 unspecified atom stereocenters. The number of urea groups is 1. The van der Waals surface area contributed by atoms with Crippen molar-refractivity contribution >= 4 is 17.8 Å². The predicted molar refractivity (Wildman–Crippen MR) is 99.9 cm³/mol. The van der Waals surface area contributed by atoms with E-state index in [1.807, 2.05) is 6.92 Å². The number of carbonyl (C=O) groups is 3. The largest absolute Gasteiger partial charge is 0.347 e. The molecule has 1 atom stereocenters. The Morgan fingerprint density at radius 2 is 1.97 bits per heavy atom. The van der Waals surface area contributed by atoms with Gasteiger partial charge in [-0.2, -0.15) is 15.0 Å². The molecule has 4 rings (SSSR count). The van der Waals surface area contributed by atoms with Crippen LogP contribution in [0.25, 0.3) is 5.69 Å². The Kier molecular flexibility index (Phi) is 4.74. The summed E-state index contributed by atoms with van der Waals surface area (Å²) in [5, 5.41) is 19.6. The van der Waals surface area contributed by atoms with Crippen LogP contribution >= 0.6 is 0 Å². The molecule has 2 aromatic heterocycles. The fourth-order valence-electron chi connectivity index (χ4n) is 3.20. The van der Waals surface area contributed by atoms with Crippen molar-refractivity contribution in [1.29, 1.82) is 0 Å². The van der Waals surface area contributed by atoms with Gasteiger partial charge in [-0.15, -0.1) is 5.10 Å². The summed E-state index contributed by atoms with van der Waals surface area (Å²) in [6, 6.07) is 6.37. The minimum Gasteiger partial charge on any atom is -0.347 e. The average Bonchev–Trinajstić information content (AvgIpc) is 3.46. The molecule has 3 aromatic rings. The monoisotopic (exact) mass is 412 g/mol. The molecule has 0 spiro atoms. The van der Waals surface area contributed by atoms with Gasteiger partial charge in [-0.25, -0.2) is 9.18 Å². The number of hydrogen-bond donors (Lipinski definition) is 3. The van der Waals surface area contributed by atoms with E-state index in [1.165, 1.54) is 41.5 Å². The Morgan fingerprint density at radius 3 is 2.63 bits per heavy atom. The highest BCUT2D eigenvalue weighted by molar-refractivity contribution is 6.07. The molecule has 3 heterocycles. The second-order valence-electron chi connectivity index (χ2n) is 6.52. The summed E-state index contributed by atoms with van der Waals surface area (Å²) in [4.78, 5) is 38.2. The van der Waals surface area contributed by atoms with Crippen molar-refractivity contribution in [2.75, 3.05) is 6.54 Å². The van der Waals surface area contributed by atoms with Crippen LogP contribution in [0.3, 0.4) is 0 Å². The topological polar surface area (TPSA) is 136 Å². The van der Waals surface area contributed by atoms with Crippen molar-refractivity contribution in [3.05, 3.63) is 59.9 Å². The van der Waals surface area contributed by atoms with Crippen LogP contribution in [0.15, 0.2) is 42.7 Å². The number of carbonyl (C=O) groups excluding carboxylic acids is 3. The van der Waals surface area contributed by atoms with E-state index in [-0.39, 0.29) is 12.2 Å². The van der Waals surface area contributed by atoms with Crippen molar-refractivity contribution in [3.63, 3.8) is 0 Å². The number of imide groups is 1. The third-order valence-corrected chi connectivity index (χ3v) is 4.69. The third-order valence-electron chi connectivity index (χ3n) is 4.69. The lowest BCUT2D eigenvalue weighted by Gasteiger charge is -2.26. The summed E-state index contributed by atoms with van der Waals surface area (Å²) in [5.74, 6) is -1.60. The lowest BCUT2D eigenvalue weighted by molar-refractivity contribution is -0.124. The van der Waals surface area contributed by atoms with Gasteiger partial charge in [-0.1, -0.05) is 0 Å². The zero-order chi connectivity index (χ0) is 21.3.